The topological polar surface area (TPSA) is 62.1 Å². The standard InChI is InChI=1S/C12H10NO3S/c14-13-11(7-4-8-12(13)17(15)16)9-10-5-2-1-3-6-10/h1-8H,9H2/q-1. The highest BCUT2D eigenvalue weighted by molar-refractivity contribution is 7.63. The second-order valence-electron chi connectivity index (χ2n) is 3.55. The van der Waals surface area contributed by atoms with Crippen LogP contribution in [0, 0.1) is 9.85 Å². The van der Waals surface area contributed by atoms with Gasteiger partial charge in [0.25, 0.3) is 0 Å². The summed E-state index contributed by atoms with van der Waals surface area (Å²) in [6, 6.07) is 13.9. The summed E-state index contributed by atoms with van der Waals surface area (Å²) in [5.74, 6) is 0. The fraction of sp³-hybridized carbons (Fsp3) is 0.0833. The first-order chi connectivity index (χ1) is 8.18. The molecule has 0 aliphatic carbocycles. The molecule has 2 rings (SSSR count). The Bertz CT molecular complexity index is 679. The molecule has 0 spiro atoms. The number of hydrogen-bond donors (Lipinski definition) is 0. The number of aromatic nitrogens is 1. The third-order valence-corrected chi connectivity index (χ3v) is 3.03. The molecule has 1 aromatic heterocycles. The van der Waals surface area contributed by atoms with Crippen LogP contribution in [-0.4, -0.2) is 13.1 Å². The molecule has 0 aliphatic heterocycles. The van der Waals surface area contributed by atoms with Crippen LogP contribution in [0.15, 0.2) is 48.5 Å². The average molecular weight is 248 g/mol. The molecule has 0 saturated carbocycles. The van der Waals surface area contributed by atoms with E-state index in [1.165, 1.54) is 6.07 Å². The first-order valence-electron chi connectivity index (χ1n) is 5.03. The van der Waals surface area contributed by atoms with E-state index >= 15 is 0 Å². The van der Waals surface area contributed by atoms with E-state index in [1.807, 2.05) is 30.3 Å². The van der Waals surface area contributed by atoms with Gasteiger partial charge in [0.1, 0.15) is 0 Å². The Morgan fingerprint density at radius 3 is 2.35 bits per heavy atom. The fourth-order valence-corrected chi connectivity index (χ4v) is 2.02. The van der Waals surface area contributed by atoms with E-state index in [1.54, 1.807) is 12.1 Å². The molecule has 0 radical (unpaired) electrons. The summed E-state index contributed by atoms with van der Waals surface area (Å²) in [5.41, 5.74) is 1.38. The molecule has 0 unspecified atom stereocenters. The van der Waals surface area contributed by atoms with Gasteiger partial charge >= 0.3 is 0 Å². The first-order valence-corrected chi connectivity index (χ1v) is 6.10. The highest BCUT2D eigenvalue weighted by atomic mass is 32.2. The summed E-state index contributed by atoms with van der Waals surface area (Å²) >= 11 is 0. The van der Waals surface area contributed by atoms with E-state index in [0.29, 0.717) is 16.8 Å². The van der Waals surface area contributed by atoms with Crippen LogP contribution in [0.2, 0.25) is 0 Å². The molecule has 0 amide bonds. The molecule has 1 aromatic carbocycles. The third kappa shape index (κ3) is 2.57. The van der Waals surface area contributed by atoms with E-state index in [-0.39, 0.29) is 4.64 Å². The van der Waals surface area contributed by atoms with Crippen LogP contribution in [0.1, 0.15) is 11.3 Å². The van der Waals surface area contributed by atoms with Crippen LogP contribution >= 0.6 is 0 Å². The second kappa shape index (κ2) is 4.88. The van der Waals surface area contributed by atoms with Gasteiger partial charge in [0.15, 0.2) is 4.64 Å². The molecular weight excluding hydrogens is 238 g/mol. The van der Waals surface area contributed by atoms with Crippen molar-refractivity contribution in [2.24, 2.45) is 0 Å². The van der Waals surface area contributed by atoms with Gasteiger partial charge in [0.2, 0.25) is 10.3 Å². The summed E-state index contributed by atoms with van der Waals surface area (Å²) in [5, 5.41) is 11.7. The van der Waals surface area contributed by atoms with Gasteiger partial charge in [-0.1, -0.05) is 36.4 Å². The second-order valence-corrected chi connectivity index (χ2v) is 4.43. The number of hydrogen-bond acceptors (Lipinski definition) is 3. The van der Waals surface area contributed by atoms with Crippen molar-refractivity contribution in [2.45, 2.75) is 6.42 Å². The van der Waals surface area contributed by atoms with Gasteiger partial charge in [-0.25, -0.2) is 0 Å². The predicted octanol–water partition coefficient (Wildman–Crippen LogP) is 1.84. The van der Waals surface area contributed by atoms with Gasteiger partial charge in [0.05, 0.1) is 0 Å². The molecule has 5 heteroatoms. The van der Waals surface area contributed by atoms with E-state index < -0.39 is 10.3 Å². The summed E-state index contributed by atoms with van der Waals surface area (Å²) in [6.07, 6.45) is 0.412. The molecule has 0 fully saturated rings. The lowest BCUT2D eigenvalue weighted by Gasteiger charge is -2.16. The summed E-state index contributed by atoms with van der Waals surface area (Å²) in [6.45, 7) is 0. The Kier molecular flexibility index (Phi) is 3.30. The quantitative estimate of drug-likeness (QED) is 0.762. The Balaban J connectivity index is 2.49. The zero-order valence-electron chi connectivity index (χ0n) is 8.91. The zero-order valence-corrected chi connectivity index (χ0v) is 9.72. The molecule has 0 atom stereocenters. The van der Waals surface area contributed by atoms with Crippen LogP contribution < -0.4 is 0 Å². The molecule has 0 bridgehead atoms. The van der Waals surface area contributed by atoms with Crippen molar-refractivity contribution in [1.82, 2.24) is 4.73 Å². The van der Waals surface area contributed by atoms with Crippen LogP contribution in [0.4, 0.5) is 0 Å². The highest BCUT2D eigenvalue weighted by Gasteiger charge is 1.98. The van der Waals surface area contributed by atoms with E-state index in [4.69, 9.17) is 0 Å². The van der Waals surface area contributed by atoms with Crippen LogP contribution in [0.25, 0.3) is 0 Å². The van der Waals surface area contributed by atoms with Gasteiger partial charge in [-0.2, -0.15) is 8.42 Å². The monoisotopic (exact) mass is 248 g/mol. The van der Waals surface area contributed by atoms with Gasteiger partial charge in [-0.15, -0.1) is 0 Å². The Morgan fingerprint density at radius 2 is 1.71 bits per heavy atom. The minimum Gasteiger partial charge on any atom is -0.805 e. The Labute approximate surface area is 99.9 Å². The van der Waals surface area contributed by atoms with Crippen LogP contribution in [0.3, 0.4) is 0 Å². The van der Waals surface area contributed by atoms with Crippen molar-refractivity contribution in [3.05, 3.63) is 69.6 Å². The van der Waals surface area contributed by atoms with E-state index in [2.05, 4.69) is 0 Å². The number of benzene rings is 1. The van der Waals surface area contributed by atoms with Crippen molar-refractivity contribution >= 4 is 10.3 Å². The van der Waals surface area contributed by atoms with Crippen molar-refractivity contribution in [2.75, 3.05) is 0 Å². The normalized spacial score (nSPS) is 10.1. The minimum absolute atomic E-state index is 0.251. The van der Waals surface area contributed by atoms with Crippen molar-refractivity contribution in [3.63, 3.8) is 0 Å². The lowest BCUT2D eigenvalue weighted by atomic mass is 10.1. The molecule has 2 aromatic rings. The molecule has 0 saturated heterocycles. The van der Waals surface area contributed by atoms with E-state index in [0.717, 1.165) is 5.56 Å². The summed E-state index contributed by atoms with van der Waals surface area (Å²) < 4.78 is 21.8. The lowest BCUT2D eigenvalue weighted by molar-refractivity contribution is 0.623. The molecule has 0 N–H and O–H groups in total. The van der Waals surface area contributed by atoms with Gasteiger partial charge in [-0.3, -0.25) is 0 Å². The van der Waals surface area contributed by atoms with Crippen molar-refractivity contribution in [3.8, 4) is 0 Å². The molecule has 0 aliphatic rings. The lowest BCUT2D eigenvalue weighted by Crippen LogP contribution is -2.02. The maximum atomic E-state index is 11.7. The SMILES string of the molecule is O=S(=O)=c1cccc(Cc2ccccc2)n1[O-]. The summed E-state index contributed by atoms with van der Waals surface area (Å²) in [4.78, 5) is 0. The molecule has 88 valence electrons. The Hall–Kier alpha value is -2.01. The average Bonchev–Trinajstić information content (AvgIpc) is 2.33. The van der Waals surface area contributed by atoms with Gasteiger partial charge in [0, 0.05) is 12.1 Å². The zero-order chi connectivity index (χ0) is 12.3. The predicted molar refractivity (Wildman–Crippen MR) is 64.6 cm³/mol. The first kappa shape index (κ1) is 11.5. The molecular formula is C12H10NO3S-. The molecule has 1 heterocycles. The van der Waals surface area contributed by atoms with Crippen molar-refractivity contribution < 1.29 is 8.42 Å². The van der Waals surface area contributed by atoms with E-state index in [9.17, 15) is 13.6 Å². The smallest absolute Gasteiger partial charge is 0.238 e. The molecule has 4 nitrogen and oxygen atoms in total. The van der Waals surface area contributed by atoms with Gasteiger partial charge in [-0.05, 0) is 17.7 Å². The third-order valence-electron chi connectivity index (χ3n) is 2.39. The number of rotatable bonds is 2. The Morgan fingerprint density at radius 1 is 1.00 bits per heavy atom. The van der Waals surface area contributed by atoms with Gasteiger partial charge < -0.3 is 9.94 Å². The maximum absolute atomic E-state index is 11.7. The minimum atomic E-state index is -2.51. The molecule has 17 heavy (non-hydrogen) atoms. The highest BCUT2D eigenvalue weighted by Crippen LogP contribution is 2.08. The summed E-state index contributed by atoms with van der Waals surface area (Å²) in [7, 11) is -2.51. The number of nitrogens with zero attached hydrogens (tertiary/aromatic N) is 1. The van der Waals surface area contributed by atoms with Crippen LogP contribution in [-0.2, 0) is 16.7 Å². The maximum Gasteiger partial charge on any atom is 0.238 e. The van der Waals surface area contributed by atoms with Crippen molar-refractivity contribution in [1.29, 1.82) is 0 Å². The fourth-order valence-electron chi connectivity index (χ4n) is 1.58. The number of pyridine rings is 1. The largest absolute Gasteiger partial charge is 0.805 e. The van der Waals surface area contributed by atoms with Crippen LogP contribution in [0.5, 0.6) is 0 Å².